The summed E-state index contributed by atoms with van der Waals surface area (Å²) in [4.78, 5) is 13.6. The SMILES string of the molecule is O=C1CCCC2CCCCCN12. The highest BCUT2D eigenvalue weighted by atomic mass is 16.2. The lowest BCUT2D eigenvalue weighted by Gasteiger charge is -2.34. The molecule has 2 heteroatoms. The first-order valence-electron chi connectivity index (χ1n) is 5.17. The van der Waals surface area contributed by atoms with Gasteiger partial charge in [0.25, 0.3) is 0 Å². The van der Waals surface area contributed by atoms with Crippen LogP contribution in [0.3, 0.4) is 0 Å². The minimum atomic E-state index is 0.410. The summed E-state index contributed by atoms with van der Waals surface area (Å²) in [6.07, 6.45) is 8.31. The lowest BCUT2D eigenvalue weighted by Crippen LogP contribution is -2.42. The molecule has 0 aromatic carbocycles. The van der Waals surface area contributed by atoms with Crippen LogP contribution < -0.4 is 0 Å². The van der Waals surface area contributed by atoms with Gasteiger partial charge in [0, 0.05) is 19.0 Å². The first kappa shape index (κ1) is 8.09. The van der Waals surface area contributed by atoms with Gasteiger partial charge < -0.3 is 4.90 Å². The van der Waals surface area contributed by atoms with Gasteiger partial charge in [0.2, 0.25) is 5.91 Å². The van der Waals surface area contributed by atoms with Gasteiger partial charge in [-0.05, 0) is 25.7 Å². The molecule has 0 spiro atoms. The Balaban J connectivity index is 2.05. The maximum atomic E-state index is 11.5. The van der Waals surface area contributed by atoms with E-state index in [1.165, 1.54) is 32.1 Å². The molecule has 0 bridgehead atoms. The molecule has 1 unspecified atom stereocenters. The van der Waals surface area contributed by atoms with Gasteiger partial charge in [0.1, 0.15) is 0 Å². The van der Waals surface area contributed by atoms with Gasteiger partial charge in [0.05, 0.1) is 0 Å². The Morgan fingerprint density at radius 1 is 1.08 bits per heavy atom. The predicted octanol–water partition coefficient (Wildman–Crippen LogP) is 1.94. The molecule has 0 aromatic rings. The molecule has 1 atom stereocenters. The number of carbonyl (C=O) groups excluding carboxylic acids is 1. The summed E-state index contributed by atoms with van der Waals surface area (Å²) in [6.45, 7) is 1.03. The van der Waals surface area contributed by atoms with Gasteiger partial charge in [-0.3, -0.25) is 4.79 Å². The molecule has 68 valence electrons. The van der Waals surface area contributed by atoms with Crippen molar-refractivity contribution in [3.8, 4) is 0 Å². The molecule has 2 rings (SSSR count). The van der Waals surface area contributed by atoms with E-state index in [0.29, 0.717) is 11.9 Å². The third-order valence-electron chi connectivity index (χ3n) is 3.13. The van der Waals surface area contributed by atoms with Crippen molar-refractivity contribution in [1.82, 2.24) is 4.90 Å². The van der Waals surface area contributed by atoms with Crippen molar-refractivity contribution in [1.29, 1.82) is 0 Å². The summed E-state index contributed by atoms with van der Waals surface area (Å²) < 4.78 is 0. The van der Waals surface area contributed by atoms with Crippen LogP contribution in [0.1, 0.15) is 44.9 Å². The van der Waals surface area contributed by atoms with E-state index in [0.717, 1.165) is 19.4 Å². The molecular weight excluding hydrogens is 150 g/mol. The number of amides is 1. The second-order valence-corrected chi connectivity index (χ2v) is 3.98. The Labute approximate surface area is 73.9 Å². The third-order valence-corrected chi connectivity index (χ3v) is 3.13. The minimum absolute atomic E-state index is 0.410. The number of hydrogen-bond donors (Lipinski definition) is 0. The van der Waals surface area contributed by atoms with E-state index in [1.54, 1.807) is 0 Å². The van der Waals surface area contributed by atoms with Crippen LogP contribution in [-0.4, -0.2) is 23.4 Å². The number of piperidine rings is 1. The molecule has 0 aliphatic carbocycles. The molecule has 0 saturated carbocycles. The molecule has 2 aliphatic rings. The summed E-state index contributed by atoms with van der Waals surface area (Å²) in [5, 5.41) is 0. The number of nitrogens with zero attached hydrogens (tertiary/aromatic N) is 1. The highest BCUT2D eigenvalue weighted by Gasteiger charge is 2.28. The zero-order chi connectivity index (χ0) is 8.39. The molecule has 1 amide bonds. The molecule has 2 aliphatic heterocycles. The Morgan fingerprint density at radius 2 is 1.92 bits per heavy atom. The van der Waals surface area contributed by atoms with Gasteiger partial charge in [-0.25, -0.2) is 0 Å². The Kier molecular flexibility index (Phi) is 2.33. The predicted molar refractivity (Wildman–Crippen MR) is 47.8 cm³/mol. The highest BCUT2D eigenvalue weighted by molar-refractivity contribution is 5.77. The fourth-order valence-electron chi connectivity index (χ4n) is 2.44. The van der Waals surface area contributed by atoms with Crippen molar-refractivity contribution in [3.63, 3.8) is 0 Å². The zero-order valence-electron chi connectivity index (χ0n) is 7.59. The van der Waals surface area contributed by atoms with E-state index in [4.69, 9.17) is 0 Å². The monoisotopic (exact) mass is 167 g/mol. The quantitative estimate of drug-likeness (QED) is 0.540. The summed E-state index contributed by atoms with van der Waals surface area (Å²) in [7, 11) is 0. The van der Waals surface area contributed by atoms with Crippen LogP contribution >= 0.6 is 0 Å². The standard InChI is InChI=1S/C10H17NO/c12-10-7-4-6-9-5-2-1-3-8-11(9)10/h9H,1-8H2. The summed E-state index contributed by atoms with van der Waals surface area (Å²) in [6, 6.07) is 0.605. The van der Waals surface area contributed by atoms with Crippen molar-refractivity contribution in [2.24, 2.45) is 0 Å². The Bertz CT molecular complexity index is 179. The minimum Gasteiger partial charge on any atom is -0.340 e. The number of rotatable bonds is 0. The Morgan fingerprint density at radius 3 is 2.83 bits per heavy atom. The molecule has 2 fully saturated rings. The average Bonchev–Trinajstić information content (AvgIpc) is 2.30. The van der Waals surface area contributed by atoms with E-state index in [-0.39, 0.29) is 0 Å². The van der Waals surface area contributed by atoms with Crippen molar-refractivity contribution >= 4 is 5.91 Å². The van der Waals surface area contributed by atoms with Crippen LogP contribution in [0.2, 0.25) is 0 Å². The van der Waals surface area contributed by atoms with E-state index in [9.17, 15) is 4.79 Å². The largest absolute Gasteiger partial charge is 0.340 e. The normalized spacial score (nSPS) is 31.2. The lowest BCUT2D eigenvalue weighted by atomic mass is 9.99. The number of fused-ring (bicyclic) bond motifs is 1. The smallest absolute Gasteiger partial charge is 0.222 e. The molecule has 2 saturated heterocycles. The third kappa shape index (κ3) is 1.47. The molecule has 0 radical (unpaired) electrons. The Hall–Kier alpha value is -0.530. The van der Waals surface area contributed by atoms with E-state index >= 15 is 0 Å². The van der Waals surface area contributed by atoms with Crippen LogP contribution in [0.4, 0.5) is 0 Å². The van der Waals surface area contributed by atoms with Crippen LogP contribution in [0.15, 0.2) is 0 Å². The van der Waals surface area contributed by atoms with E-state index < -0.39 is 0 Å². The molecule has 0 N–H and O–H groups in total. The van der Waals surface area contributed by atoms with Crippen molar-refractivity contribution < 1.29 is 4.79 Å². The molecule has 0 aromatic heterocycles. The van der Waals surface area contributed by atoms with Crippen LogP contribution in [-0.2, 0) is 4.79 Å². The fourth-order valence-corrected chi connectivity index (χ4v) is 2.44. The van der Waals surface area contributed by atoms with Crippen LogP contribution in [0.25, 0.3) is 0 Å². The fraction of sp³-hybridized carbons (Fsp3) is 0.900. The molecule has 2 nitrogen and oxygen atoms in total. The second kappa shape index (κ2) is 3.46. The van der Waals surface area contributed by atoms with Gasteiger partial charge in [0.15, 0.2) is 0 Å². The number of hydrogen-bond acceptors (Lipinski definition) is 1. The molecule has 12 heavy (non-hydrogen) atoms. The van der Waals surface area contributed by atoms with Crippen molar-refractivity contribution in [3.05, 3.63) is 0 Å². The highest BCUT2D eigenvalue weighted by Crippen LogP contribution is 2.25. The van der Waals surface area contributed by atoms with Crippen molar-refractivity contribution in [2.45, 2.75) is 51.0 Å². The summed E-state index contributed by atoms with van der Waals surface area (Å²) in [5.41, 5.74) is 0. The van der Waals surface area contributed by atoms with Gasteiger partial charge in [-0.1, -0.05) is 12.8 Å². The van der Waals surface area contributed by atoms with Gasteiger partial charge in [-0.2, -0.15) is 0 Å². The van der Waals surface area contributed by atoms with Crippen LogP contribution in [0, 0.1) is 0 Å². The van der Waals surface area contributed by atoms with Crippen molar-refractivity contribution in [2.75, 3.05) is 6.54 Å². The second-order valence-electron chi connectivity index (χ2n) is 3.98. The number of carbonyl (C=O) groups is 1. The maximum absolute atomic E-state index is 11.5. The van der Waals surface area contributed by atoms with E-state index in [1.807, 2.05) is 0 Å². The summed E-state index contributed by atoms with van der Waals surface area (Å²) >= 11 is 0. The summed E-state index contributed by atoms with van der Waals surface area (Å²) in [5.74, 6) is 0.410. The van der Waals surface area contributed by atoms with Gasteiger partial charge >= 0.3 is 0 Å². The maximum Gasteiger partial charge on any atom is 0.222 e. The molecule has 2 heterocycles. The average molecular weight is 167 g/mol. The first-order chi connectivity index (χ1) is 5.88. The topological polar surface area (TPSA) is 20.3 Å². The van der Waals surface area contributed by atoms with Crippen LogP contribution in [0.5, 0.6) is 0 Å². The lowest BCUT2D eigenvalue weighted by molar-refractivity contribution is -0.136. The first-order valence-corrected chi connectivity index (χ1v) is 5.17. The van der Waals surface area contributed by atoms with E-state index in [2.05, 4.69) is 4.90 Å². The molecular formula is C10H17NO. The van der Waals surface area contributed by atoms with Gasteiger partial charge in [-0.15, -0.1) is 0 Å². The zero-order valence-corrected chi connectivity index (χ0v) is 7.59.